The molecule has 0 amide bonds. The first-order valence-electron chi connectivity index (χ1n) is 9.53. The summed E-state index contributed by atoms with van der Waals surface area (Å²) in [5.41, 5.74) is 1.92. The number of aliphatic hydroxyl groups is 1. The molecule has 0 heterocycles. The largest absolute Gasteiger partial charge is 0.508 e. The smallest absolute Gasteiger partial charge is 0.131 e. The summed E-state index contributed by atoms with van der Waals surface area (Å²) in [6, 6.07) is 5.94. The molecule has 0 unspecified atom stereocenters. The summed E-state index contributed by atoms with van der Waals surface area (Å²) in [6.07, 6.45) is 7.15. The molecule has 5 atom stereocenters. The SMILES string of the molecule is CCC#C[C@]1(O)CC[C@H]2[C@@H]3CCc4cc(O)ccc4[C@H]3CC[C@@]21C. The number of rotatable bonds is 0. The monoisotopic (exact) mass is 324 g/mol. The van der Waals surface area contributed by atoms with Crippen molar-refractivity contribution in [3.8, 4) is 17.6 Å². The normalized spacial score (nSPS) is 40.0. The van der Waals surface area contributed by atoms with Gasteiger partial charge in [0, 0.05) is 11.8 Å². The Morgan fingerprint density at radius 2 is 2.04 bits per heavy atom. The molecule has 0 bridgehead atoms. The summed E-state index contributed by atoms with van der Waals surface area (Å²) in [5.74, 6) is 8.59. The van der Waals surface area contributed by atoms with Crippen molar-refractivity contribution in [2.75, 3.05) is 0 Å². The Morgan fingerprint density at radius 1 is 1.21 bits per heavy atom. The Balaban J connectivity index is 1.68. The van der Waals surface area contributed by atoms with E-state index in [0.717, 1.165) is 38.5 Å². The molecule has 24 heavy (non-hydrogen) atoms. The number of hydrogen-bond donors (Lipinski definition) is 2. The van der Waals surface area contributed by atoms with Gasteiger partial charge in [-0.25, -0.2) is 0 Å². The topological polar surface area (TPSA) is 40.5 Å². The van der Waals surface area contributed by atoms with Crippen molar-refractivity contribution in [1.82, 2.24) is 0 Å². The molecule has 0 saturated heterocycles. The lowest BCUT2D eigenvalue weighted by atomic mass is 9.53. The molecule has 128 valence electrons. The maximum absolute atomic E-state index is 11.3. The summed E-state index contributed by atoms with van der Waals surface area (Å²) in [6.45, 7) is 4.34. The molecule has 0 aromatic heterocycles. The van der Waals surface area contributed by atoms with Gasteiger partial charge in [-0.1, -0.05) is 25.8 Å². The molecule has 2 fully saturated rings. The zero-order valence-electron chi connectivity index (χ0n) is 14.8. The lowest BCUT2D eigenvalue weighted by Crippen LogP contribution is -2.50. The zero-order chi connectivity index (χ0) is 16.9. The van der Waals surface area contributed by atoms with Gasteiger partial charge < -0.3 is 10.2 Å². The predicted molar refractivity (Wildman–Crippen MR) is 95.7 cm³/mol. The minimum Gasteiger partial charge on any atom is -0.508 e. The van der Waals surface area contributed by atoms with E-state index in [-0.39, 0.29) is 5.41 Å². The average Bonchev–Trinajstić information content (AvgIpc) is 2.84. The van der Waals surface area contributed by atoms with Crippen molar-refractivity contribution in [2.24, 2.45) is 17.3 Å². The molecule has 0 aliphatic heterocycles. The van der Waals surface area contributed by atoms with Gasteiger partial charge in [0.15, 0.2) is 0 Å². The molecule has 4 rings (SSSR count). The van der Waals surface area contributed by atoms with Crippen LogP contribution in [0.5, 0.6) is 5.75 Å². The average molecular weight is 324 g/mol. The summed E-state index contributed by atoms with van der Waals surface area (Å²) in [4.78, 5) is 0. The van der Waals surface area contributed by atoms with Gasteiger partial charge in [0.05, 0.1) is 0 Å². The number of phenolic OH excluding ortho intramolecular Hbond substituents is 1. The van der Waals surface area contributed by atoms with E-state index in [1.54, 1.807) is 0 Å². The molecule has 2 N–H and O–H groups in total. The molecule has 3 aliphatic carbocycles. The Morgan fingerprint density at radius 3 is 2.83 bits per heavy atom. The fraction of sp³-hybridized carbons (Fsp3) is 0.636. The molecule has 1 aromatic rings. The van der Waals surface area contributed by atoms with Crippen molar-refractivity contribution < 1.29 is 10.2 Å². The first kappa shape index (κ1) is 16.0. The van der Waals surface area contributed by atoms with Crippen LogP contribution < -0.4 is 0 Å². The summed E-state index contributed by atoms with van der Waals surface area (Å²) in [5, 5.41) is 21.1. The number of aryl methyl sites for hydroxylation is 1. The fourth-order valence-corrected chi connectivity index (χ4v) is 6.02. The zero-order valence-corrected chi connectivity index (χ0v) is 14.8. The molecule has 2 saturated carbocycles. The maximum Gasteiger partial charge on any atom is 0.131 e. The number of aromatic hydroxyl groups is 1. The van der Waals surface area contributed by atoms with Gasteiger partial charge in [-0.05, 0) is 79.5 Å². The van der Waals surface area contributed by atoms with Gasteiger partial charge >= 0.3 is 0 Å². The highest BCUT2D eigenvalue weighted by atomic mass is 16.3. The van der Waals surface area contributed by atoms with Crippen LogP contribution in [-0.4, -0.2) is 15.8 Å². The summed E-state index contributed by atoms with van der Waals surface area (Å²) in [7, 11) is 0. The van der Waals surface area contributed by atoms with Gasteiger partial charge in [-0.15, -0.1) is 5.92 Å². The number of fused-ring (bicyclic) bond motifs is 5. The summed E-state index contributed by atoms with van der Waals surface area (Å²) < 4.78 is 0. The van der Waals surface area contributed by atoms with Crippen LogP contribution in [0.1, 0.15) is 69.4 Å². The van der Waals surface area contributed by atoms with Crippen LogP contribution in [0.4, 0.5) is 0 Å². The van der Waals surface area contributed by atoms with Gasteiger partial charge in [0.25, 0.3) is 0 Å². The van der Waals surface area contributed by atoms with Crippen molar-refractivity contribution >= 4 is 0 Å². The molecule has 2 heteroatoms. The summed E-state index contributed by atoms with van der Waals surface area (Å²) >= 11 is 0. The van der Waals surface area contributed by atoms with Gasteiger partial charge in [-0.2, -0.15) is 0 Å². The van der Waals surface area contributed by atoms with Crippen LogP contribution in [0.2, 0.25) is 0 Å². The van der Waals surface area contributed by atoms with Crippen LogP contribution in [0.15, 0.2) is 18.2 Å². The molecule has 0 spiro atoms. The minimum atomic E-state index is -0.798. The first-order chi connectivity index (χ1) is 11.5. The molecule has 1 aromatic carbocycles. The van der Waals surface area contributed by atoms with Crippen molar-refractivity contribution in [3.05, 3.63) is 29.3 Å². The number of phenols is 1. The third-order valence-corrected chi connectivity index (χ3v) is 7.33. The van der Waals surface area contributed by atoms with Crippen LogP contribution in [0.25, 0.3) is 0 Å². The number of benzene rings is 1. The maximum atomic E-state index is 11.3. The quantitative estimate of drug-likeness (QED) is 0.695. The first-order valence-corrected chi connectivity index (χ1v) is 9.53. The molecular formula is C22H28O2. The van der Waals surface area contributed by atoms with Crippen molar-refractivity contribution in [3.63, 3.8) is 0 Å². The van der Waals surface area contributed by atoms with E-state index in [4.69, 9.17) is 0 Å². The third-order valence-electron chi connectivity index (χ3n) is 7.33. The third kappa shape index (κ3) is 2.14. The highest BCUT2D eigenvalue weighted by molar-refractivity contribution is 5.40. The van der Waals surface area contributed by atoms with Crippen LogP contribution in [0.3, 0.4) is 0 Å². The lowest BCUT2D eigenvalue weighted by Gasteiger charge is -2.52. The van der Waals surface area contributed by atoms with Crippen LogP contribution in [0, 0.1) is 29.1 Å². The van der Waals surface area contributed by atoms with E-state index in [1.807, 2.05) is 12.1 Å². The van der Waals surface area contributed by atoms with E-state index < -0.39 is 5.60 Å². The second kappa shape index (κ2) is 5.53. The highest BCUT2D eigenvalue weighted by Crippen LogP contribution is 2.64. The van der Waals surface area contributed by atoms with E-state index in [2.05, 4.69) is 31.8 Å². The van der Waals surface area contributed by atoms with E-state index in [9.17, 15) is 10.2 Å². The Hall–Kier alpha value is -1.46. The molecule has 3 aliphatic rings. The number of hydrogen-bond acceptors (Lipinski definition) is 2. The van der Waals surface area contributed by atoms with Crippen molar-refractivity contribution in [2.45, 2.75) is 70.3 Å². The minimum absolute atomic E-state index is 0.0647. The van der Waals surface area contributed by atoms with E-state index in [0.29, 0.717) is 23.5 Å². The van der Waals surface area contributed by atoms with Crippen molar-refractivity contribution in [1.29, 1.82) is 0 Å². The molecule has 2 nitrogen and oxygen atoms in total. The van der Waals surface area contributed by atoms with Gasteiger partial charge in [-0.3, -0.25) is 0 Å². The van der Waals surface area contributed by atoms with Gasteiger partial charge in [0.2, 0.25) is 0 Å². The Bertz CT molecular complexity index is 712. The van der Waals surface area contributed by atoms with E-state index in [1.165, 1.54) is 17.5 Å². The predicted octanol–water partition coefficient (Wildman–Crippen LogP) is 4.39. The Kier molecular flexibility index (Phi) is 3.69. The standard InChI is InChI=1S/C22H28O2/c1-3-4-11-22(24)13-10-20-19-7-5-15-14-16(23)6-8-17(15)18(19)9-12-21(20,22)2/h6,8,14,18-20,23-24H,3,5,7,9-10,12-13H2,1-2H3/t18-,19-,20+,21+,22+/m1/s1. The van der Waals surface area contributed by atoms with Crippen LogP contribution in [-0.2, 0) is 6.42 Å². The Labute approximate surface area is 145 Å². The van der Waals surface area contributed by atoms with Crippen LogP contribution >= 0.6 is 0 Å². The molecule has 0 radical (unpaired) electrons. The second-order valence-electron chi connectivity index (χ2n) is 8.31. The highest BCUT2D eigenvalue weighted by Gasteiger charge is 2.61. The lowest BCUT2D eigenvalue weighted by molar-refractivity contribution is -0.0648. The van der Waals surface area contributed by atoms with E-state index >= 15 is 0 Å². The molecular weight excluding hydrogens is 296 g/mol. The second-order valence-corrected chi connectivity index (χ2v) is 8.31. The van der Waals surface area contributed by atoms with Gasteiger partial charge in [0.1, 0.15) is 11.4 Å². The fourth-order valence-electron chi connectivity index (χ4n) is 6.02.